The second-order valence-electron chi connectivity index (χ2n) is 5.41. The quantitative estimate of drug-likeness (QED) is 0.721. The molecule has 104 valence electrons. The summed E-state index contributed by atoms with van der Waals surface area (Å²) < 4.78 is 4.92. The summed E-state index contributed by atoms with van der Waals surface area (Å²) in [6.45, 7) is 6.98. The van der Waals surface area contributed by atoms with Gasteiger partial charge in [-0.1, -0.05) is 0 Å². The molecule has 0 aromatic carbocycles. The minimum Gasteiger partial charge on any atom is -0.383 e. The molecule has 0 bridgehead atoms. The van der Waals surface area contributed by atoms with E-state index in [0.29, 0.717) is 19.7 Å². The van der Waals surface area contributed by atoms with Gasteiger partial charge in [0.1, 0.15) is 0 Å². The molecule has 1 aliphatic heterocycles. The number of carbonyl (C=O) groups excluding carboxylic acids is 2. The second-order valence-corrected chi connectivity index (χ2v) is 5.41. The molecule has 0 aliphatic carbocycles. The molecule has 1 heterocycles. The molecule has 6 heteroatoms. The van der Waals surface area contributed by atoms with Crippen molar-refractivity contribution >= 4 is 11.8 Å². The summed E-state index contributed by atoms with van der Waals surface area (Å²) in [7, 11) is 1.59. The zero-order valence-electron chi connectivity index (χ0n) is 11.5. The minimum absolute atomic E-state index is 0.0111. The Morgan fingerprint density at radius 2 is 2.17 bits per heavy atom. The summed E-state index contributed by atoms with van der Waals surface area (Å²) in [6, 6.07) is 0. The van der Waals surface area contributed by atoms with Crippen LogP contribution < -0.4 is 5.48 Å². The van der Waals surface area contributed by atoms with Gasteiger partial charge in [0.05, 0.1) is 18.1 Å². The molecule has 0 radical (unpaired) electrons. The zero-order valence-corrected chi connectivity index (χ0v) is 11.5. The fourth-order valence-corrected chi connectivity index (χ4v) is 1.65. The molecule has 0 saturated carbocycles. The molecule has 1 atom stereocenters. The van der Waals surface area contributed by atoms with Gasteiger partial charge in [-0.25, -0.2) is 5.48 Å². The van der Waals surface area contributed by atoms with Crippen molar-refractivity contribution in [2.24, 2.45) is 5.92 Å². The third-order valence-corrected chi connectivity index (χ3v) is 2.61. The van der Waals surface area contributed by atoms with Crippen LogP contribution in [-0.4, -0.2) is 49.1 Å². The highest BCUT2D eigenvalue weighted by atomic mass is 16.7. The summed E-state index contributed by atoms with van der Waals surface area (Å²) in [4.78, 5) is 30.3. The molecule has 0 aromatic heterocycles. The van der Waals surface area contributed by atoms with Gasteiger partial charge in [0.25, 0.3) is 0 Å². The topological polar surface area (TPSA) is 67.9 Å². The molecule has 1 rings (SSSR count). The lowest BCUT2D eigenvalue weighted by molar-refractivity contribution is -0.149. The Hall–Kier alpha value is -1.14. The zero-order chi connectivity index (χ0) is 13.8. The van der Waals surface area contributed by atoms with Crippen molar-refractivity contribution in [3.05, 3.63) is 0 Å². The summed E-state index contributed by atoms with van der Waals surface area (Å²) >= 11 is 0. The van der Waals surface area contributed by atoms with Gasteiger partial charge < -0.3 is 9.64 Å². The first kappa shape index (κ1) is 14.9. The highest BCUT2D eigenvalue weighted by molar-refractivity contribution is 5.88. The first-order valence-electron chi connectivity index (χ1n) is 6.08. The number of hydrogen-bond donors (Lipinski definition) is 1. The Labute approximate surface area is 108 Å². The lowest BCUT2D eigenvalue weighted by atomic mass is 10.1. The Bertz CT molecular complexity index is 312. The van der Waals surface area contributed by atoms with Gasteiger partial charge in [-0.2, -0.15) is 0 Å². The number of likely N-dealkylation sites (tertiary alicyclic amines) is 1. The van der Waals surface area contributed by atoms with E-state index < -0.39 is 5.60 Å². The Morgan fingerprint density at radius 3 is 2.72 bits per heavy atom. The van der Waals surface area contributed by atoms with Crippen LogP contribution in [0.2, 0.25) is 0 Å². The molecule has 6 nitrogen and oxygen atoms in total. The van der Waals surface area contributed by atoms with Crippen molar-refractivity contribution in [2.75, 3.05) is 26.8 Å². The summed E-state index contributed by atoms with van der Waals surface area (Å²) in [5.74, 6) is -0.585. The fraction of sp³-hybridized carbons (Fsp3) is 0.833. The average molecular weight is 258 g/mol. The van der Waals surface area contributed by atoms with Gasteiger partial charge in [0.2, 0.25) is 11.8 Å². The monoisotopic (exact) mass is 258 g/mol. The number of nitrogens with one attached hydrogen (secondary N) is 1. The molecule has 1 N–H and O–H groups in total. The Kier molecular flexibility index (Phi) is 5.10. The molecule has 1 aliphatic rings. The number of methoxy groups -OCH3 is 1. The van der Waals surface area contributed by atoms with Crippen LogP contribution in [0.3, 0.4) is 0 Å². The second kappa shape index (κ2) is 6.15. The number of amides is 2. The average Bonchev–Trinajstić information content (AvgIpc) is 2.64. The molecular formula is C12H22N2O4. The van der Waals surface area contributed by atoms with Crippen LogP contribution in [0.5, 0.6) is 0 Å². The van der Waals surface area contributed by atoms with E-state index in [9.17, 15) is 9.59 Å². The van der Waals surface area contributed by atoms with Crippen LogP contribution in [0.1, 0.15) is 27.2 Å². The Balaban J connectivity index is 2.40. The van der Waals surface area contributed by atoms with E-state index in [1.807, 2.05) is 20.8 Å². The predicted molar refractivity (Wildman–Crippen MR) is 65.5 cm³/mol. The number of hydroxylamine groups is 1. The van der Waals surface area contributed by atoms with Gasteiger partial charge in [-0.15, -0.1) is 0 Å². The van der Waals surface area contributed by atoms with E-state index >= 15 is 0 Å². The molecule has 0 spiro atoms. The summed E-state index contributed by atoms with van der Waals surface area (Å²) in [6.07, 6.45) is 0.239. The smallest absolute Gasteiger partial charge is 0.248 e. The van der Waals surface area contributed by atoms with Crippen molar-refractivity contribution in [1.29, 1.82) is 0 Å². The standard InChI is InChI=1S/C12H22N2O4/c1-12(2,3)18-13-11(16)9-7-10(15)14(8-9)5-6-17-4/h9H,5-8H2,1-4H3,(H,13,16). The highest BCUT2D eigenvalue weighted by Gasteiger charge is 2.34. The number of carbonyl (C=O) groups is 2. The Morgan fingerprint density at radius 1 is 1.50 bits per heavy atom. The van der Waals surface area contributed by atoms with Gasteiger partial charge >= 0.3 is 0 Å². The maximum atomic E-state index is 11.8. The fourth-order valence-electron chi connectivity index (χ4n) is 1.65. The van der Waals surface area contributed by atoms with Crippen molar-refractivity contribution in [3.8, 4) is 0 Å². The summed E-state index contributed by atoms with van der Waals surface area (Å²) in [5, 5.41) is 0. The van der Waals surface area contributed by atoms with E-state index in [-0.39, 0.29) is 24.2 Å². The molecule has 1 unspecified atom stereocenters. The van der Waals surface area contributed by atoms with Crippen LogP contribution in [0.4, 0.5) is 0 Å². The van der Waals surface area contributed by atoms with Crippen molar-refractivity contribution in [3.63, 3.8) is 0 Å². The third kappa shape index (κ3) is 4.62. The van der Waals surface area contributed by atoms with Crippen LogP contribution in [0, 0.1) is 5.92 Å². The van der Waals surface area contributed by atoms with Gasteiger partial charge in [0.15, 0.2) is 0 Å². The van der Waals surface area contributed by atoms with E-state index in [4.69, 9.17) is 9.57 Å². The van der Waals surface area contributed by atoms with E-state index in [0.717, 1.165) is 0 Å². The van der Waals surface area contributed by atoms with Crippen molar-refractivity contribution in [1.82, 2.24) is 10.4 Å². The van der Waals surface area contributed by atoms with Crippen LogP contribution in [0.15, 0.2) is 0 Å². The largest absolute Gasteiger partial charge is 0.383 e. The van der Waals surface area contributed by atoms with E-state index in [2.05, 4.69) is 5.48 Å². The van der Waals surface area contributed by atoms with Crippen LogP contribution >= 0.6 is 0 Å². The molecule has 1 fully saturated rings. The van der Waals surface area contributed by atoms with Crippen molar-refractivity contribution in [2.45, 2.75) is 32.8 Å². The summed E-state index contributed by atoms with van der Waals surface area (Å²) in [5.41, 5.74) is 1.98. The minimum atomic E-state index is -0.436. The first-order chi connectivity index (χ1) is 8.33. The van der Waals surface area contributed by atoms with E-state index in [1.165, 1.54) is 0 Å². The normalized spacial score (nSPS) is 20.3. The maximum Gasteiger partial charge on any atom is 0.248 e. The number of hydrogen-bond acceptors (Lipinski definition) is 4. The molecular weight excluding hydrogens is 236 g/mol. The van der Waals surface area contributed by atoms with Crippen LogP contribution in [0.25, 0.3) is 0 Å². The number of ether oxygens (including phenoxy) is 1. The van der Waals surface area contributed by atoms with Gasteiger partial charge in [0, 0.05) is 26.6 Å². The number of nitrogens with zero attached hydrogens (tertiary/aromatic N) is 1. The van der Waals surface area contributed by atoms with Crippen molar-refractivity contribution < 1.29 is 19.2 Å². The predicted octanol–water partition coefficient (Wildman–Crippen LogP) is 0.328. The third-order valence-electron chi connectivity index (χ3n) is 2.61. The van der Waals surface area contributed by atoms with Gasteiger partial charge in [-0.05, 0) is 20.8 Å². The maximum absolute atomic E-state index is 11.8. The van der Waals surface area contributed by atoms with E-state index in [1.54, 1.807) is 12.0 Å². The first-order valence-corrected chi connectivity index (χ1v) is 6.08. The lowest BCUT2D eigenvalue weighted by Gasteiger charge is -2.20. The number of rotatable bonds is 5. The van der Waals surface area contributed by atoms with Gasteiger partial charge in [-0.3, -0.25) is 14.4 Å². The molecule has 18 heavy (non-hydrogen) atoms. The molecule has 1 saturated heterocycles. The molecule has 2 amide bonds. The SMILES string of the molecule is COCCN1CC(C(=O)NOC(C)(C)C)CC1=O. The lowest BCUT2D eigenvalue weighted by Crippen LogP contribution is -2.38. The molecule has 0 aromatic rings. The van der Waals surface area contributed by atoms with Crippen LogP contribution in [-0.2, 0) is 19.2 Å². The highest BCUT2D eigenvalue weighted by Crippen LogP contribution is 2.18.